The molecule has 0 spiro atoms. The highest BCUT2D eigenvalue weighted by atomic mass is 16.4. The van der Waals surface area contributed by atoms with Gasteiger partial charge in [0, 0.05) is 6.42 Å². The highest BCUT2D eigenvalue weighted by molar-refractivity contribution is 5.23. The second-order valence-electron chi connectivity index (χ2n) is 2.90. The molecule has 1 aromatic heterocycles. The van der Waals surface area contributed by atoms with Gasteiger partial charge < -0.3 is 15.3 Å². The SMILES string of the molecule is CC(C)Cc1oc(N)nc1O. The Labute approximate surface area is 65.0 Å². The van der Waals surface area contributed by atoms with Gasteiger partial charge in [0.05, 0.1) is 0 Å². The second-order valence-corrected chi connectivity index (χ2v) is 2.90. The molecule has 0 atom stereocenters. The molecule has 1 rings (SSSR count). The van der Waals surface area contributed by atoms with Crippen LogP contribution in [-0.2, 0) is 6.42 Å². The molecule has 0 aliphatic heterocycles. The summed E-state index contributed by atoms with van der Waals surface area (Å²) in [7, 11) is 0. The first kappa shape index (κ1) is 7.91. The van der Waals surface area contributed by atoms with Gasteiger partial charge in [-0.2, -0.15) is 4.98 Å². The van der Waals surface area contributed by atoms with Crippen LogP contribution in [-0.4, -0.2) is 10.1 Å². The Morgan fingerprint density at radius 2 is 2.27 bits per heavy atom. The summed E-state index contributed by atoms with van der Waals surface area (Å²) in [5.74, 6) is 0.807. The van der Waals surface area contributed by atoms with Gasteiger partial charge in [0.2, 0.25) is 0 Å². The van der Waals surface area contributed by atoms with E-state index in [0.717, 1.165) is 0 Å². The molecule has 62 valence electrons. The van der Waals surface area contributed by atoms with Crippen LogP contribution >= 0.6 is 0 Å². The van der Waals surface area contributed by atoms with Gasteiger partial charge in [-0.1, -0.05) is 13.8 Å². The van der Waals surface area contributed by atoms with Crippen molar-refractivity contribution in [1.29, 1.82) is 0 Å². The van der Waals surface area contributed by atoms with Crippen LogP contribution in [0.25, 0.3) is 0 Å². The summed E-state index contributed by atoms with van der Waals surface area (Å²) in [4.78, 5) is 3.53. The van der Waals surface area contributed by atoms with E-state index >= 15 is 0 Å². The van der Waals surface area contributed by atoms with Crippen molar-refractivity contribution < 1.29 is 9.52 Å². The molecule has 4 nitrogen and oxygen atoms in total. The lowest BCUT2D eigenvalue weighted by molar-refractivity contribution is 0.413. The van der Waals surface area contributed by atoms with E-state index in [4.69, 9.17) is 15.3 Å². The number of oxazole rings is 1. The predicted molar refractivity (Wildman–Crippen MR) is 41.1 cm³/mol. The number of aromatic hydroxyl groups is 1. The van der Waals surface area contributed by atoms with Gasteiger partial charge >= 0.3 is 0 Å². The number of nitrogens with zero attached hydrogens (tertiary/aromatic N) is 1. The molecule has 11 heavy (non-hydrogen) atoms. The fraction of sp³-hybridized carbons (Fsp3) is 0.571. The van der Waals surface area contributed by atoms with Gasteiger partial charge in [0.15, 0.2) is 5.76 Å². The molecule has 3 N–H and O–H groups in total. The Bertz CT molecular complexity index is 243. The van der Waals surface area contributed by atoms with E-state index in [1.54, 1.807) is 0 Å². The van der Waals surface area contributed by atoms with Crippen molar-refractivity contribution >= 4 is 6.01 Å². The molecule has 0 radical (unpaired) electrons. The van der Waals surface area contributed by atoms with E-state index in [1.807, 2.05) is 13.8 Å². The summed E-state index contributed by atoms with van der Waals surface area (Å²) < 4.78 is 4.94. The predicted octanol–water partition coefficient (Wildman–Crippen LogP) is 1.16. The minimum atomic E-state index is -0.0869. The van der Waals surface area contributed by atoms with Crippen molar-refractivity contribution in [2.45, 2.75) is 20.3 Å². The molecule has 0 saturated heterocycles. The summed E-state index contributed by atoms with van der Waals surface area (Å²) in [6.45, 7) is 4.05. The smallest absolute Gasteiger partial charge is 0.295 e. The summed E-state index contributed by atoms with van der Waals surface area (Å²) in [5, 5.41) is 9.10. The zero-order chi connectivity index (χ0) is 8.43. The summed E-state index contributed by atoms with van der Waals surface area (Å²) >= 11 is 0. The molecule has 0 unspecified atom stereocenters. The minimum absolute atomic E-state index is 0.0261. The molecule has 0 amide bonds. The van der Waals surface area contributed by atoms with Gasteiger partial charge in [-0.15, -0.1) is 0 Å². The molecule has 0 aliphatic carbocycles. The topological polar surface area (TPSA) is 72.3 Å². The molecule has 1 heterocycles. The van der Waals surface area contributed by atoms with Crippen LogP contribution in [0, 0.1) is 5.92 Å². The lowest BCUT2D eigenvalue weighted by Gasteiger charge is -1.98. The zero-order valence-electron chi connectivity index (χ0n) is 6.66. The number of aromatic nitrogens is 1. The Hall–Kier alpha value is -1.19. The van der Waals surface area contributed by atoms with Gasteiger partial charge in [0.25, 0.3) is 11.9 Å². The number of hydrogen-bond donors (Lipinski definition) is 2. The van der Waals surface area contributed by atoms with Gasteiger partial charge in [-0.05, 0) is 5.92 Å². The fourth-order valence-electron chi connectivity index (χ4n) is 0.865. The quantitative estimate of drug-likeness (QED) is 0.674. The van der Waals surface area contributed by atoms with Crippen molar-refractivity contribution in [3.05, 3.63) is 5.76 Å². The van der Waals surface area contributed by atoms with Crippen molar-refractivity contribution in [3.8, 4) is 5.88 Å². The third-order valence-corrected chi connectivity index (χ3v) is 1.29. The highest BCUT2D eigenvalue weighted by Gasteiger charge is 2.10. The highest BCUT2D eigenvalue weighted by Crippen LogP contribution is 2.21. The maximum Gasteiger partial charge on any atom is 0.295 e. The molecule has 0 saturated carbocycles. The van der Waals surface area contributed by atoms with Crippen LogP contribution < -0.4 is 5.73 Å². The third-order valence-electron chi connectivity index (χ3n) is 1.29. The van der Waals surface area contributed by atoms with Crippen LogP contribution in [0.5, 0.6) is 5.88 Å². The maximum atomic E-state index is 9.10. The van der Waals surface area contributed by atoms with Crippen LogP contribution in [0.15, 0.2) is 4.42 Å². The second kappa shape index (κ2) is 2.82. The first-order valence-electron chi connectivity index (χ1n) is 3.53. The molecular weight excluding hydrogens is 144 g/mol. The van der Waals surface area contributed by atoms with Crippen molar-refractivity contribution in [3.63, 3.8) is 0 Å². The Morgan fingerprint density at radius 3 is 2.64 bits per heavy atom. The van der Waals surface area contributed by atoms with E-state index in [-0.39, 0.29) is 11.9 Å². The maximum absolute atomic E-state index is 9.10. The van der Waals surface area contributed by atoms with E-state index in [9.17, 15) is 0 Å². The number of hydrogen-bond acceptors (Lipinski definition) is 4. The number of nitrogen functional groups attached to an aromatic ring is 1. The molecular formula is C7H12N2O2. The standard InChI is InChI=1S/C7H12N2O2/c1-4(2)3-5-6(10)9-7(8)11-5/h4,10H,3H2,1-2H3,(H2,8,9). The number of anilines is 1. The van der Waals surface area contributed by atoms with Crippen LogP contribution in [0.4, 0.5) is 6.01 Å². The number of nitrogens with two attached hydrogens (primary N) is 1. The lowest BCUT2D eigenvalue weighted by Crippen LogP contribution is -1.91. The molecule has 1 aromatic rings. The first-order valence-corrected chi connectivity index (χ1v) is 3.53. The summed E-state index contributed by atoms with van der Waals surface area (Å²) in [6, 6.07) is 0.0261. The number of rotatable bonds is 2. The van der Waals surface area contributed by atoms with Crippen LogP contribution in [0.3, 0.4) is 0 Å². The van der Waals surface area contributed by atoms with E-state index in [0.29, 0.717) is 18.1 Å². The molecule has 0 bridgehead atoms. The summed E-state index contributed by atoms with van der Waals surface area (Å²) in [5.41, 5.74) is 5.22. The van der Waals surface area contributed by atoms with Gasteiger partial charge in [-0.25, -0.2) is 0 Å². The third kappa shape index (κ3) is 1.86. The van der Waals surface area contributed by atoms with Crippen molar-refractivity contribution in [2.75, 3.05) is 5.73 Å². The average molecular weight is 156 g/mol. The minimum Gasteiger partial charge on any atom is -0.491 e. The zero-order valence-corrected chi connectivity index (χ0v) is 6.66. The van der Waals surface area contributed by atoms with Gasteiger partial charge in [0.1, 0.15) is 0 Å². The van der Waals surface area contributed by atoms with Crippen molar-refractivity contribution in [2.24, 2.45) is 5.92 Å². The van der Waals surface area contributed by atoms with Crippen molar-refractivity contribution in [1.82, 2.24) is 4.98 Å². The largest absolute Gasteiger partial charge is 0.491 e. The lowest BCUT2D eigenvalue weighted by atomic mass is 10.1. The first-order chi connectivity index (χ1) is 5.09. The monoisotopic (exact) mass is 156 g/mol. The molecule has 0 aromatic carbocycles. The van der Waals surface area contributed by atoms with E-state index in [1.165, 1.54) is 0 Å². The molecule has 4 heteroatoms. The van der Waals surface area contributed by atoms with E-state index in [2.05, 4.69) is 4.98 Å². The average Bonchev–Trinajstić information content (AvgIpc) is 2.09. The normalized spacial score (nSPS) is 10.8. The molecule has 0 fully saturated rings. The van der Waals surface area contributed by atoms with Gasteiger partial charge in [-0.3, -0.25) is 0 Å². The van der Waals surface area contributed by atoms with E-state index < -0.39 is 0 Å². The fourth-order valence-corrected chi connectivity index (χ4v) is 0.865. The summed E-state index contributed by atoms with van der Waals surface area (Å²) in [6.07, 6.45) is 0.663. The van der Waals surface area contributed by atoms with Crippen LogP contribution in [0.2, 0.25) is 0 Å². The Kier molecular flexibility index (Phi) is 2.03. The Morgan fingerprint density at radius 1 is 1.64 bits per heavy atom. The Balaban J connectivity index is 2.77. The van der Waals surface area contributed by atoms with Crippen LogP contribution in [0.1, 0.15) is 19.6 Å². The molecule has 0 aliphatic rings.